The lowest BCUT2D eigenvalue weighted by atomic mass is 10.1. The van der Waals surface area contributed by atoms with E-state index in [1.54, 1.807) is 0 Å². The molecule has 0 spiro atoms. The number of nitrogens with zero attached hydrogens (tertiary/aromatic N) is 5. The van der Waals surface area contributed by atoms with Crippen LogP contribution in [0.1, 0.15) is 0 Å². The standard InChI is InChI=1S/C46H29N5/c1-2-14-30(15-3-1)37-20-12-25-42(47-37)50-40-23-10-6-18-33(40)35-28-29-36-34-19-7-11-24-41(34)51(46(36)45(35)50)44-27-13-26-43(48-44)49-38-21-8-4-16-31(38)32-17-5-9-22-39(32)49/h1-29H. The number of benzene rings is 6. The number of hydrogen-bond donors (Lipinski definition) is 0. The quantitative estimate of drug-likeness (QED) is 0.190. The predicted octanol–water partition coefficient (Wildman–Crippen LogP) is 11.4. The predicted molar refractivity (Wildman–Crippen MR) is 210 cm³/mol. The van der Waals surface area contributed by atoms with Gasteiger partial charge >= 0.3 is 0 Å². The molecule has 0 radical (unpaired) electrons. The van der Waals surface area contributed by atoms with Gasteiger partial charge in [0.2, 0.25) is 0 Å². The van der Waals surface area contributed by atoms with E-state index in [1.165, 1.54) is 32.3 Å². The molecule has 5 heterocycles. The van der Waals surface area contributed by atoms with E-state index in [4.69, 9.17) is 9.97 Å². The summed E-state index contributed by atoms with van der Waals surface area (Å²) in [6.07, 6.45) is 0. The summed E-state index contributed by atoms with van der Waals surface area (Å²) in [4.78, 5) is 10.8. The Morgan fingerprint density at radius 1 is 0.275 bits per heavy atom. The Labute approximate surface area is 292 Å². The zero-order valence-corrected chi connectivity index (χ0v) is 27.5. The van der Waals surface area contributed by atoms with Crippen molar-refractivity contribution in [3.63, 3.8) is 0 Å². The van der Waals surface area contributed by atoms with Crippen molar-refractivity contribution in [2.45, 2.75) is 0 Å². The van der Waals surface area contributed by atoms with Crippen LogP contribution in [0.4, 0.5) is 0 Å². The Balaban J connectivity index is 1.25. The second-order valence-electron chi connectivity index (χ2n) is 13.0. The molecule has 5 nitrogen and oxygen atoms in total. The Morgan fingerprint density at radius 3 is 1.20 bits per heavy atom. The highest BCUT2D eigenvalue weighted by atomic mass is 15.2. The summed E-state index contributed by atoms with van der Waals surface area (Å²) in [6.45, 7) is 0. The average Bonchev–Trinajstić information content (AvgIpc) is 3.84. The number of aromatic nitrogens is 5. The van der Waals surface area contributed by atoms with E-state index in [1.807, 2.05) is 6.07 Å². The fourth-order valence-electron chi connectivity index (χ4n) is 8.12. The van der Waals surface area contributed by atoms with E-state index in [9.17, 15) is 0 Å². The summed E-state index contributed by atoms with van der Waals surface area (Å²) < 4.78 is 6.97. The minimum atomic E-state index is 0.857. The van der Waals surface area contributed by atoms with E-state index in [0.29, 0.717) is 0 Å². The second-order valence-corrected chi connectivity index (χ2v) is 13.0. The van der Waals surface area contributed by atoms with Gasteiger partial charge in [0.05, 0.1) is 38.8 Å². The molecule has 0 bridgehead atoms. The fourth-order valence-corrected chi connectivity index (χ4v) is 8.12. The number of pyridine rings is 2. The van der Waals surface area contributed by atoms with Crippen molar-refractivity contribution in [3.05, 3.63) is 176 Å². The minimum Gasteiger partial charge on any atom is -0.294 e. The lowest BCUT2D eigenvalue weighted by molar-refractivity contribution is 1.01. The average molecular weight is 652 g/mol. The molecule has 6 aromatic carbocycles. The van der Waals surface area contributed by atoms with Crippen LogP contribution < -0.4 is 0 Å². The Hall–Kier alpha value is -6.98. The minimum absolute atomic E-state index is 0.857. The van der Waals surface area contributed by atoms with Gasteiger partial charge in [-0.1, -0.05) is 127 Å². The van der Waals surface area contributed by atoms with E-state index in [2.05, 4.69) is 184 Å². The van der Waals surface area contributed by atoms with Crippen molar-refractivity contribution < 1.29 is 0 Å². The fraction of sp³-hybridized carbons (Fsp3) is 0. The molecule has 11 aromatic rings. The van der Waals surface area contributed by atoms with Gasteiger partial charge in [-0.05, 0) is 48.5 Å². The van der Waals surface area contributed by atoms with Crippen molar-refractivity contribution in [3.8, 4) is 28.7 Å². The third kappa shape index (κ3) is 4.03. The smallest absolute Gasteiger partial charge is 0.140 e. The first-order valence-corrected chi connectivity index (χ1v) is 17.3. The van der Waals surface area contributed by atoms with Gasteiger partial charge in [-0.15, -0.1) is 0 Å². The Kier molecular flexibility index (Phi) is 5.89. The summed E-state index contributed by atoms with van der Waals surface area (Å²) in [5.41, 5.74) is 8.72. The lowest BCUT2D eigenvalue weighted by Crippen LogP contribution is -2.04. The van der Waals surface area contributed by atoms with Gasteiger partial charge in [0.1, 0.15) is 17.5 Å². The van der Waals surface area contributed by atoms with Crippen molar-refractivity contribution in [1.82, 2.24) is 23.7 Å². The SMILES string of the molecule is c1ccc(-c2cccc(-n3c4ccccc4c4ccc5c6ccccc6n(-c6cccc(-n7c8ccccc8c8ccccc87)n6)c5c43)n2)cc1. The van der Waals surface area contributed by atoms with Gasteiger partial charge < -0.3 is 0 Å². The highest BCUT2D eigenvalue weighted by Crippen LogP contribution is 2.41. The van der Waals surface area contributed by atoms with Crippen LogP contribution in [0, 0.1) is 0 Å². The molecule has 0 amide bonds. The van der Waals surface area contributed by atoms with Gasteiger partial charge in [-0.3, -0.25) is 13.7 Å². The van der Waals surface area contributed by atoms with Crippen LogP contribution >= 0.6 is 0 Å². The largest absolute Gasteiger partial charge is 0.294 e. The molecule has 0 fully saturated rings. The highest BCUT2D eigenvalue weighted by Gasteiger charge is 2.22. The molecular formula is C46H29N5. The van der Waals surface area contributed by atoms with Crippen LogP contribution in [0.2, 0.25) is 0 Å². The van der Waals surface area contributed by atoms with E-state index in [0.717, 1.165) is 61.8 Å². The summed E-state index contributed by atoms with van der Waals surface area (Å²) >= 11 is 0. The van der Waals surface area contributed by atoms with Crippen LogP contribution in [0.25, 0.3) is 94.1 Å². The van der Waals surface area contributed by atoms with Gasteiger partial charge in [-0.2, -0.15) is 0 Å². The molecule has 0 saturated carbocycles. The van der Waals surface area contributed by atoms with Gasteiger partial charge in [0.15, 0.2) is 0 Å². The normalized spacial score (nSPS) is 11.9. The first-order valence-electron chi connectivity index (χ1n) is 17.3. The third-order valence-corrected chi connectivity index (χ3v) is 10.3. The van der Waals surface area contributed by atoms with Gasteiger partial charge in [0.25, 0.3) is 0 Å². The molecule has 0 aliphatic heterocycles. The molecule has 5 aromatic heterocycles. The Bertz CT molecular complexity index is 3090. The molecular weight excluding hydrogens is 623 g/mol. The first kappa shape index (κ1) is 27.9. The van der Waals surface area contributed by atoms with Crippen LogP contribution in [0.15, 0.2) is 176 Å². The first-order chi connectivity index (χ1) is 25.3. The van der Waals surface area contributed by atoms with Crippen LogP contribution in [-0.4, -0.2) is 23.7 Å². The zero-order valence-electron chi connectivity index (χ0n) is 27.5. The molecule has 0 aliphatic rings. The number of fused-ring (bicyclic) bond motifs is 10. The topological polar surface area (TPSA) is 40.6 Å². The van der Waals surface area contributed by atoms with E-state index < -0.39 is 0 Å². The zero-order chi connectivity index (χ0) is 33.5. The molecule has 0 N–H and O–H groups in total. The molecule has 11 rings (SSSR count). The maximum absolute atomic E-state index is 5.48. The van der Waals surface area contributed by atoms with Crippen molar-refractivity contribution in [1.29, 1.82) is 0 Å². The number of rotatable bonds is 4. The van der Waals surface area contributed by atoms with E-state index >= 15 is 0 Å². The van der Waals surface area contributed by atoms with Crippen LogP contribution in [-0.2, 0) is 0 Å². The number of hydrogen-bond acceptors (Lipinski definition) is 2. The van der Waals surface area contributed by atoms with Crippen LogP contribution in [0.3, 0.4) is 0 Å². The molecule has 0 saturated heterocycles. The monoisotopic (exact) mass is 651 g/mol. The van der Waals surface area contributed by atoms with Crippen molar-refractivity contribution in [2.75, 3.05) is 0 Å². The summed E-state index contributed by atoms with van der Waals surface area (Å²) in [5, 5.41) is 7.15. The summed E-state index contributed by atoms with van der Waals surface area (Å²) in [7, 11) is 0. The van der Waals surface area contributed by atoms with Crippen molar-refractivity contribution >= 4 is 65.4 Å². The maximum atomic E-state index is 5.48. The summed E-state index contributed by atoms with van der Waals surface area (Å²) in [5.74, 6) is 2.61. The molecule has 5 heteroatoms. The second kappa shape index (κ2) is 10.8. The van der Waals surface area contributed by atoms with E-state index in [-0.39, 0.29) is 0 Å². The molecule has 0 aliphatic carbocycles. The van der Waals surface area contributed by atoms with Crippen molar-refractivity contribution in [2.24, 2.45) is 0 Å². The molecule has 238 valence electrons. The lowest BCUT2D eigenvalue weighted by Gasteiger charge is -2.14. The maximum Gasteiger partial charge on any atom is 0.140 e. The van der Waals surface area contributed by atoms with Gasteiger partial charge in [0, 0.05) is 37.9 Å². The third-order valence-electron chi connectivity index (χ3n) is 10.3. The molecule has 0 atom stereocenters. The number of para-hydroxylation sites is 4. The highest BCUT2D eigenvalue weighted by molar-refractivity contribution is 6.23. The van der Waals surface area contributed by atoms with Gasteiger partial charge in [-0.25, -0.2) is 9.97 Å². The molecule has 51 heavy (non-hydrogen) atoms. The molecule has 0 unspecified atom stereocenters. The summed E-state index contributed by atoms with van der Waals surface area (Å²) in [6, 6.07) is 62.1. The van der Waals surface area contributed by atoms with Crippen LogP contribution in [0.5, 0.6) is 0 Å². The Morgan fingerprint density at radius 2 is 0.667 bits per heavy atom.